The van der Waals surface area contributed by atoms with E-state index in [4.69, 9.17) is 9.47 Å². The summed E-state index contributed by atoms with van der Waals surface area (Å²) < 4.78 is 33.7. The van der Waals surface area contributed by atoms with Gasteiger partial charge in [-0.3, -0.25) is 0 Å². The summed E-state index contributed by atoms with van der Waals surface area (Å²) in [6.07, 6.45) is -2.61. The van der Waals surface area contributed by atoms with Gasteiger partial charge in [-0.15, -0.1) is 0 Å². The molecule has 0 aromatic carbocycles. The lowest BCUT2D eigenvalue weighted by atomic mass is 10.2. The van der Waals surface area contributed by atoms with Crippen molar-refractivity contribution in [1.82, 2.24) is 0 Å². The van der Waals surface area contributed by atoms with Crippen molar-refractivity contribution in [2.75, 3.05) is 0 Å². The number of halogens is 2. The van der Waals surface area contributed by atoms with E-state index in [0.717, 1.165) is 6.92 Å². The minimum atomic E-state index is -2.01. The van der Waals surface area contributed by atoms with Crippen LogP contribution in [0.2, 0.25) is 0 Å². The predicted octanol–water partition coefficient (Wildman–Crippen LogP) is 1.88. The van der Waals surface area contributed by atoms with Gasteiger partial charge in [0.25, 0.3) is 6.08 Å². The lowest BCUT2D eigenvalue weighted by Crippen LogP contribution is -2.22. The Labute approximate surface area is 80.7 Å². The molecule has 0 saturated carbocycles. The van der Waals surface area contributed by atoms with Gasteiger partial charge in [-0.2, -0.15) is 8.78 Å². The average molecular weight is 206 g/mol. The van der Waals surface area contributed by atoms with Crippen molar-refractivity contribution in [3.63, 3.8) is 0 Å². The highest BCUT2D eigenvalue weighted by molar-refractivity contribution is 5.88. The van der Waals surface area contributed by atoms with E-state index >= 15 is 0 Å². The molecule has 3 atom stereocenters. The second-order valence-corrected chi connectivity index (χ2v) is 3.30. The first kappa shape index (κ1) is 11.1. The second-order valence-electron chi connectivity index (χ2n) is 3.30. The van der Waals surface area contributed by atoms with Crippen LogP contribution in [0.4, 0.5) is 8.78 Å². The third-order valence-electron chi connectivity index (χ3n) is 2.10. The maximum Gasteiger partial charge on any atom is 0.339 e. The second kappa shape index (κ2) is 4.04. The molecule has 1 aliphatic heterocycles. The van der Waals surface area contributed by atoms with Crippen LogP contribution in [0.5, 0.6) is 0 Å². The van der Waals surface area contributed by atoms with Gasteiger partial charge in [-0.05, 0) is 20.8 Å². The van der Waals surface area contributed by atoms with Crippen molar-refractivity contribution in [3.05, 3.63) is 11.7 Å². The molecule has 14 heavy (non-hydrogen) atoms. The maximum atomic E-state index is 12.0. The summed E-state index contributed by atoms with van der Waals surface area (Å²) in [6, 6.07) is 0. The number of epoxide rings is 1. The molecule has 0 radical (unpaired) electrons. The maximum absolute atomic E-state index is 12.0. The summed E-state index contributed by atoms with van der Waals surface area (Å²) in [5.41, 5.74) is -0.648. The Morgan fingerprint density at radius 1 is 1.50 bits per heavy atom. The number of esters is 1. The van der Waals surface area contributed by atoms with E-state index in [1.165, 1.54) is 0 Å². The Balaban J connectivity index is 2.45. The van der Waals surface area contributed by atoms with E-state index in [1.54, 1.807) is 6.92 Å². The molecule has 1 saturated heterocycles. The molecule has 1 aliphatic rings. The summed E-state index contributed by atoms with van der Waals surface area (Å²) in [7, 11) is 0. The van der Waals surface area contributed by atoms with Crippen molar-refractivity contribution in [2.24, 2.45) is 0 Å². The first-order valence-corrected chi connectivity index (χ1v) is 4.31. The fraction of sp³-hybridized carbons (Fsp3) is 0.667. The number of hydrogen-bond acceptors (Lipinski definition) is 3. The van der Waals surface area contributed by atoms with E-state index in [0.29, 0.717) is 0 Å². The van der Waals surface area contributed by atoms with E-state index in [9.17, 15) is 13.6 Å². The van der Waals surface area contributed by atoms with Gasteiger partial charge in [0, 0.05) is 0 Å². The SMILES string of the molecule is CC(C(=O)OC(C)C1OC1C)=C(F)F. The largest absolute Gasteiger partial charge is 0.456 e. The van der Waals surface area contributed by atoms with Crippen LogP contribution in [0.15, 0.2) is 11.7 Å². The molecule has 0 aromatic rings. The molecule has 0 N–H and O–H groups in total. The number of ether oxygens (including phenoxy) is 2. The first-order valence-electron chi connectivity index (χ1n) is 4.31. The van der Waals surface area contributed by atoms with Crippen LogP contribution in [-0.2, 0) is 14.3 Å². The van der Waals surface area contributed by atoms with Crippen LogP contribution in [0.3, 0.4) is 0 Å². The summed E-state index contributed by atoms with van der Waals surface area (Å²) in [4.78, 5) is 11.0. The fourth-order valence-electron chi connectivity index (χ4n) is 1.10. The Bertz CT molecular complexity index is 271. The lowest BCUT2D eigenvalue weighted by Gasteiger charge is -2.10. The van der Waals surface area contributed by atoms with Crippen LogP contribution >= 0.6 is 0 Å². The number of rotatable bonds is 3. The molecule has 0 bridgehead atoms. The fourth-order valence-corrected chi connectivity index (χ4v) is 1.10. The Morgan fingerprint density at radius 3 is 2.36 bits per heavy atom. The van der Waals surface area contributed by atoms with Crippen LogP contribution in [0.1, 0.15) is 20.8 Å². The van der Waals surface area contributed by atoms with Crippen molar-refractivity contribution in [3.8, 4) is 0 Å². The van der Waals surface area contributed by atoms with E-state index < -0.39 is 23.7 Å². The van der Waals surface area contributed by atoms with Gasteiger partial charge in [0.1, 0.15) is 12.2 Å². The number of hydrogen-bond donors (Lipinski definition) is 0. The smallest absolute Gasteiger partial charge is 0.339 e. The molecular weight excluding hydrogens is 194 g/mol. The molecule has 5 heteroatoms. The predicted molar refractivity (Wildman–Crippen MR) is 44.8 cm³/mol. The molecule has 1 fully saturated rings. The zero-order valence-corrected chi connectivity index (χ0v) is 8.21. The molecule has 0 aliphatic carbocycles. The molecular formula is C9H12F2O3. The Kier molecular flexibility index (Phi) is 3.21. The van der Waals surface area contributed by atoms with Gasteiger partial charge in [0.15, 0.2) is 0 Å². The van der Waals surface area contributed by atoms with Crippen LogP contribution in [0, 0.1) is 0 Å². The molecule has 0 spiro atoms. The average Bonchev–Trinajstić information content (AvgIpc) is 2.80. The standard InChI is InChI=1S/C9H12F2O3/c1-4(8(10)11)9(12)14-6(3)7-5(2)13-7/h5-7H,1-3H3. The summed E-state index contributed by atoms with van der Waals surface area (Å²) in [5.74, 6) is -0.986. The third-order valence-corrected chi connectivity index (χ3v) is 2.10. The molecule has 1 heterocycles. The Morgan fingerprint density at radius 2 is 2.00 bits per heavy atom. The van der Waals surface area contributed by atoms with Gasteiger partial charge in [-0.1, -0.05) is 0 Å². The summed E-state index contributed by atoms with van der Waals surface area (Å²) in [6.45, 7) is 4.48. The van der Waals surface area contributed by atoms with Gasteiger partial charge < -0.3 is 9.47 Å². The first-order chi connectivity index (χ1) is 6.43. The highest BCUT2D eigenvalue weighted by Crippen LogP contribution is 2.26. The number of carbonyl (C=O) groups excluding carboxylic acids is 1. The molecule has 0 amide bonds. The molecule has 1 rings (SSSR count). The molecule has 0 aromatic heterocycles. The zero-order valence-electron chi connectivity index (χ0n) is 8.21. The minimum absolute atomic E-state index is 0.0392. The summed E-state index contributed by atoms with van der Waals surface area (Å²) >= 11 is 0. The Hall–Kier alpha value is -0.970. The van der Waals surface area contributed by atoms with E-state index in [2.05, 4.69) is 0 Å². The van der Waals surface area contributed by atoms with Crippen LogP contribution in [-0.4, -0.2) is 24.3 Å². The van der Waals surface area contributed by atoms with E-state index in [1.807, 2.05) is 6.92 Å². The molecule has 3 nitrogen and oxygen atoms in total. The topological polar surface area (TPSA) is 38.8 Å². The van der Waals surface area contributed by atoms with Crippen LogP contribution in [0.25, 0.3) is 0 Å². The highest BCUT2D eigenvalue weighted by atomic mass is 19.3. The molecule has 3 unspecified atom stereocenters. The van der Waals surface area contributed by atoms with E-state index in [-0.39, 0.29) is 12.2 Å². The zero-order chi connectivity index (χ0) is 10.9. The monoisotopic (exact) mass is 206 g/mol. The van der Waals surface area contributed by atoms with Gasteiger partial charge in [-0.25, -0.2) is 4.79 Å². The van der Waals surface area contributed by atoms with Crippen LogP contribution < -0.4 is 0 Å². The quantitative estimate of drug-likeness (QED) is 0.402. The van der Waals surface area contributed by atoms with Crippen molar-refractivity contribution in [2.45, 2.75) is 39.1 Å². The highest BCUT2D eigenvalue weighted by Gasteiger charge is 2.41. The molecule has 80 valence electrons. The lowest BCUT2D eigenvalue weighted by molar-refractivity contribution is -0.144. The van der Waals surface area contributed by atoms with Crippen molar-refractivity contribution < 1.29 is 23.0 Å². The minimum Gasteiger partial charge on any atom is -0.456 e. The normalized spacial score (nSPS) is 26.6. The van der Waals surface area contributed by atoms with Crippen molar-refractivity contribution >= 4 is 5.97 Å². The third kappa shape index (κ3) is 2.51. The number of carbonyl (C=O) groups is 1. The van der Waals surface area contributed by atoms with Crippen molar-refractivity contribution in [1.29, 1.82) is 0 Å². The van der Waals surface area contributed by atoms with Gasteiger partial charge in [0.2, 0.25) is 0 Å². The van der Waals surface area contributed by atoms with Gasteiger partial charge >= 0.3 is 5.97 Å². The van der Waals surface area contributed by atoms with Gasteiger partial charge in [0.05, 0.1) is 11.7 Å². The summed E-state index contributed by atoms with van der Waals surface area (Å²) in [5, 5.41) is 0.